The van der Waals surface area contributed by atoms with Crippen LogP contribution in [-0.2, 0) is 16.6 Å². The van der Waals surface area contributed by atoms with Gasteiger partial charge in [0.15, 0.2) is 5.96 Å². The maximum atomic E-state index is 11.4. The lowest BCUT2D eigenvalue weighted by Crippen LogP contribution is -2.38. The number of nitrogens with zero attached hydrogens (tertiary/aromatic N) is 1. The van der Waals surface area contributed by atoms with Crippen molar-refractivity contribution in [1.82, 2.24) is 10.6 Å². The predicted molar refractivity (Wildman–Crippen MR) is 107 cm³/mol. The van der Waals surface area contributed by atoms with E-state index in [4.69, 9.17) is 9.88 Å². The van der Waals surface area contributed by atoms with Gasteiger partial charge in [-0.1, -0.05) is 30.3 Å². The number of nitrogens with one attached hydrogen (secondary N) is 2. The fourth-order valence-electron chi connectivity index (χ4n) is 2.32. The van der Waals surface area contributed by atoms with Crippen molar-refractivity contribution in [3.63, 3.8) is 0 Å². The lowest BCUT2D eigenvalue weighted by molar-refractivity contribution is 0.311. The summed E-state index contributed by atoms with van der Waals surface area (Å²) in [6, 6.07) is 16.2. The Morgan fingerprint density at radius 1 is 1.11 bits per heavy atom. The molecule has 0 saturated heterocycles. The summed E-state index contributed by atoms with van der Waals surface area (Å²) in [5.41, 5.74) is 0.770. The van der Waals surface area contributed by atoms with Gasteiger partial charge in [-0.3, -0.25) is 0 Å². The summed E-state index contributed by atoms with van der Waals surface area (Å²) in [7, 11) is -3.71. The quantitative estimate of drug-likeness (QED) is 0.344. The molecule has 0 aliphatic carbocycles. The van der Waals surface area contributed by atoms with Crippen LogP contribution in [0.2, 0.25) is 0 Å². The van der Waals surface area contributed by atoms with Crippen LogP contribution in [0, 0.1) is 0 Å². The van der Waals surface area contributed by atoms with E-state index in [-0.39, 0.29) is 4.90 Å². The molecule has 27 heavy (non-hydrogen) atoms. The van der Waals surface area contributed by atoms with Crippen LogP contribution in [0.4, 0.5) is 0 Å². The highest BCUT2D eigenvalue weighted by Gasteiger charge is 2.07. The summed E-state index contributed by atoms with van der Waals surface area (Å²) >= 11 is 0. The molecular formula is C19H26N4O3S. The lowest BCUT2D eigenvalue weighted by Gasteiger charge is -2.12. The van der Waals surface area contributed by atoms with E-state index >= 15 is 0 Å². The first-order valence-electron chi connectivity index (χ1n) is 8.81. The van der Waals surface area contributed by atoms with Crippen LogP contribution in [0.5, 0.6) is 5.75 Å². The Balaban J connectivity index is 1.83. The van der Waals surface area contributed by atoms with Gasteiger partial charge in [-0.05, 0) is 43.2 Å². The number of aliphatic imine (C=N–C) groups is 1. The summed E-state index contributed by atoms with van der Waals surface area (Å²) < 4.78 is 28.5. The number of benzene rings is 2. The molecule has 0 spiro atoms. The maximum Gasteiger partial charge on any atom is 0.238 e. The summed E-state index contributed by atoms with van der Waals surface area (Å²) in [6.45, 7) is 4.36. The predicted octanol–water partition coefficient (Wildman–Crippen LogP) is 1.86. The number of sulfonamides is 1. The van der Waals surface area contributed by atoms with Crippen molar-refractivity contribution < 1.29 is 13.2 Å². The number of nitrogens with two attached hydrogens (primary N) is 1. The third-order valence-corrected chi connectivity index (χ3v) is 4.53. The molecule has 146 valence electrons. The SMILES string of the molecule is CCNC(=NCc1cccc(S(N)(=O)=O)c1)NCCCOc1ccccc1. The molecule has 0 unspecified atom stereocenters. The van der Waals surface area contributed by atoms with Crippen molar-refractivity contribution in [3.05, 3.63) is 60.2 Å². The lowest BCUT2D eigenvalue weighted by atomic mass is 10.2. The smallest absolute Gasteiger partial charge is 0.238 e. The molecule has 0 fully saturated rings. The molecule has 0 radical (unpaired) electrons. The van der Waals surface area contributed by atoms with E-state index in [1.165, 1.54) is 12.1 Å². The minimum Gasteiger partial charge on any atom is -0.494 e. The zero-order chi connectivity index (χ0) is 19.5. The fraction of sp³-hybridized carbons (Fsp3) is 0.316. The van der Waals surface area contributed by atoms with E-state index in [2.05, 4.69) is 15.6 Å². The van der Waals surface area contributed by atoms with Crippen LogP contribution in [-0.4, -0.2) is 34.1 Å². The number of hydrogen-bond donors (Lipinski definition) is 3. The van der Waals surface area contributed by atoms with E-state index < -0.39 is 10.0 Å². The summed E-state index contributed by atoms with van der Waals surface area (Å²) in [5.74, 6) is 1.52. The van der Waals surface area contributed by atoms with Crippen molar-refractivity contribution in [2.45, 2.75) is 24.8 Å². The molecule has 8 heteroatoms. The number of ether oxygens (including phenoxy) is 1. The Hall–Kier alpha value is -2.58. The average Bonchev–Trinajstić information content (AvgIpc) is 2.66. The third-order valence-electron chi connectivity index (χ3n) is 3.62. The van der Waals surface area contributed by atoms with E-state index in [1.807, 2.05) is 43.3 Å². The molecule has 4 N–H and O–H groups in total. The molecule has 2 aromatic carbocycles. The number of hydrogen-bond acceptors (Lipinski definition) is 4. The standard InChI is InChI=1S/C19H26N4O3S/c1-2-21-19(22-12-7-13-26-17-9-4-3-5-10-17)23-15-16-8-6-11-18(14-16)27(20,24)25/h3-6,8-11,14H,2,7,12-13,15H2,1H3,(H2,20,24,25)(H2,21,22,23). The second kappa shape index (κ2) is 10.5. The van der Waals surface area contributed by atoms with Gasteiger partial charge in [0, 0.05) is 13.1 Å². The first-order chi connectivity index (χ1) is 13.0. The second-order valence-corrected chi connectivity index (χ2v) is 7.39. The van der Waals surface area contributed by atoms with E-state index in [1.54, 1.807) is 6.07 Å². The first kappa shape index (κ1) is 20.7. The van der Waals surface area contributed by atoms with E-state index in [0.29, 0.717) is 25.7 Å². The number of primary sulfonamides is 1. The van der Waals surface area contributed by atoms with Gasteiger partial charge in [-0.25, -0.2) is 18.5 Å². The van der Waals surface area contributed by atoms with Crippen LogP contribution >= 0.6 is 0 Å². The van der Waals surface area contributed by atoms with Gasteiger partial charge in [0.2, 0.25) is 10.0 Å². The van der Waals surface area contributed by atoms with Crippen molar-refractivity contribution in [2.75, 3.05) is 19.7 Å². The molecule has 0 aliphatic heterocycles. The Bertz CT molecular complexity index is 839. The van der Waals surface area contributed by atoms with Crippen molar-refractivity contribution in [3.8, 4) is 5.75 Å². The zero-order valence-electron chi connectivity index (χ0n) is 15.4. The Kier molecular flexibility index (Phi) is 8.09. The second-order valence-electron chi connectivity index (χ2n) is 5.83. The highest BCUT2D eigenvalue weighted by molar-refractivity contribution is 7.89. The van der Waals surface area contributed by atoms with Crippen molar-refractivity contribution in [1.29, 1.82) is 0 Å². The van der Waals surface area contributed by atoms with Crippen LogP contribution in [0.1, 0.15) is 18.9 Å². The molecule has 0 aliphatic rings. The van der Waals surface area contributed by atoms with Gasteiger partial charge in [0.05, 0.1) is 18.0 Å². The molecule has 0 bridgehead atoms. The molecule has 7 nitrogen and oxygen atoms in total. The first-order valence-corrected chi connectivity index (χ1v) is 10.4. The molecule has 2 rings (SSSR count). The molecule has 0 atom stereocenters. The fourth-order valence-corrected chi connectivity index (χ4v) is 2.90. The van der Waals surface area contributed by atoms with Gasteiger partial charge in [-0.2, -0.15) is 0 Å². The molecular weight excluding hydrogens is 364 g/mol. The van der Waals surface area contributed by atoms with Crippen LogP contribution in [0.25, 0.3) is 0 Å². The minimum atomic E-state index is -3.71. The van der Waals surface area contributed by atoms with Gasteiger partial charge >= 0.3 is 0 Å². The Morgan fingerprint density at radius 2 is 1.89 bits per heavy atom. The summed E-state index contributed by atoms with van der Waals surface area (Å²) in [5, 5.41) is 11.6. The monoisotopic (exact) mass is 390 g/mol. The Morgan fingerprint density at radius 3 is 2.59 bits per heavy atom. The topological polar surface area (TPSA) is 106 Å². The molecule has 0 saturated carbocycles. The van der Waals surface area contributed by atoms with Gasteiger partial charge < -0.3 is 15.4 Å². The highest BCUT2D eigenvalue weighted by atomic mass is 32.2. The molecule has 2 aromatic rings. The minimum absolute atomic E-state index is 0.0891. The van der Waals surface area contributed by atoms with Crippen LogP contribution in [0.3, 0.4) is 0 Å². The van der Waals surface area contributed by atoms with Crippen molar-refractivity contribution in [2.24, 2.45) is 10.1 Å². The normalized spacial score (nSPS) is 11.9. The summed E-state index contributed by atoms with van der Waals surface area (Å²) in [4.78, 5) is 4.57. The molecule has 0 heterocycles. The molecule has 0 amide bonds. The van der Waals surface area contributed by atoms with Crippen molar-refractivity contribution >= 4 is 16.0 Å². The Labute approximate surface area is 160 Å². The number of guanidine groups is 1. The third kappa shape index (κ3) is 7.67. The van der Waals surface area contributed by atoms with Crippen LogP contribution in [0.15, 0.2) is 64.5 Å². The number of para-hydroxylation sites is 1. The van der Waals surface area contributed by atoms with Gasteiger partial charge in [0.25, 0.3) is 0 Å². The van der Waals surface area contributed by atoms with Crippen LogP contribution < -0.4 is 20.5 Å². The van der Waals surface area contributed by atoms with Gasteiger partial charge in [-0.15, -0.1) is 0 Å². The average molecular weight is 391 g/mol. The molecule has 0 aromatic heterocycles. The highest BCUT2D eigenvalue weighted by Crippen LogP contribution is 2.10. The maximum absolute atomic E-state index is 11.4. The summed E-state index contributed by atoms with van der Waals surface area (Å²) in [6.07, 6.45) is 0.820. The van der Waals surface area contributed by atoms with E-state index in [9.17, 15) is 8.42 Å². The largest absolute Gasteiger partial charge is 0.494 e. The number of rotatable bonds is 9. The van der Waals surface area contributed by atoms with E-state index in [0.717, 1.165) is 24.3 Å². The van der Waals surface area contributed by atoms with Gasteiger partial charge in [0.1, 0.15) is 5.75 Å². The zero-order valence-corrected chi connectivity index (χ0v) is 16.2.